The molecule has 0 radical (unpaired) electrons. The first-order chi connectivity index (χ1) is 24.6. The number of aliphatic hydroxyl groups is 1. The van der Waals surface area contributed by atoms with E-state index >= 15 is 0 Å². The van der Waals surface area contributed by atoms with E-state index in [1.165, 1.54) is 77.0 Å². The monoisotopic (exact) mass is 693 g/mol. The minimum atomic E-state index is -0.199. The van der Waals surface area contributed by atoms with Crippen molar-refractivity contribution in [2.75, 3.05) is 0 Å². The molecule has 1 N–H and O–H groups in total. The molecule has 0 heterocycles. The Morgan fingerprint density at radius 1 is 0.480 bits per heavy atom. The van der Waals surface area contributed by atoms with Crippen LogP contribution in [0.3, 0.4) is 0 Å². The van der Waals surface area contributed by atoms with Crippen molar-refractivity contribution in [3.8, 4) is 0 Å². The average Bonchev–Trinajstić information content (AvgIpc) is 3.13. The standard InChI is InChI=1S/C45H72O5/c1-3-5-7-9-11-13-15-17-19-21-23-25-27-29-31-33-44(47)49-39-42-35-41(38-46)36-43(37-42)40-50-45(48)34-32-30-28-26-24-22-20-18-16-14-12-10-8-6-4-2/h11-14,17-20,35-37,46H,3-10,15-16,21-34,38-40H2,1-2H3. The van der Waals surface area contributed by atoms with Crippen LogP contribution in [0.15, 0.2) is 66.8 Å². The number of aliphatic hydroxyl groups excluding tert-OH is 1. The van der Waals surface area contributed by atoms with E-state index in [4.69, 9.17) is 9.47 Å². The Morgan fingerprint density at radius 3 is 1.20 bits per heavy atom. The lowest BCUT2D eigenvalue weighted by atomic mass is 10.1. The van der Waals surface area contributed by atoms with Crippen molar-refractivity contribution in [2.45, 2.75) is 188 Å². The molecule has 0 amide bonds. The molecule has 0 fully saturated rings. The van der Waals surface area contributed by atoms with Gasteiger partial charge in [-0.2, -0.15) is 0 Å². The largest absolute Gasteiger partial charge is 0.461 e. The maximum Gasteiger partial charge on any atom is 0.306 e. The summed E-state index contributed by atoms with van der Waals surface area (Å²) < 4.78 is 11.0. The van der Waals surface area contributed by atoms with Gasteiger partial charge in [0.05, 0.1) is 6.61 Å². The van der Waals surface area contributed by atoms with Gasteiger partial charge in [0.2, 0.25) is 0 Å². The van der Waals surface area contributed by atoms with Crippen molar-refractivity contribution in [2.24, 2.45) is 0 Å². The van der Waals surface area contributed by atoms with E-state index in [-0.39, 0.29) is 31.8 Å². The predicted molar refractivity (Wildman–Crippen MR) is 211 cm³/mol. The lowest BCUT2D eigenvalue weighted by Gasteiger charge is -2.11. The summed E-state index contributed by atoms with van der Waals surface area (Å²) in [5.74, 6) is -0.397. The smallest absolute Gasteiger partial charge is 0.306 e. The second-order valence-electron chi connectivity index (χ2n) is 13.6. The van der Waals surface area contributed by atoms with Crippen LogP contribution in [-0.4, -0.2) is 17.0 Å². The van der Waals surface area contributed by atoms with E-state index in [2.05, 4.69) is 62.5 Å². The maximum absolute atomic E-state index is 12.3. The molecular weight excluding hydrogens is 620 g/mol. The molecule has 1 aromatic carbocycles. The third-order valence-electron chi connectivity index (χ3n) is 8.76. The van der Waals surface area contributed by atoms with Gasteiger partial charge < -0.3 is 14.6 Å². The van der Waals surface area contributed by atoms with Gasteiger partial charge >= 0.3 is 11.9 Å². The Balaban J connectivity index is 2.13. The fraction of sp³-hybridized carbons (Fsp3) is 0.644. The Kier molecular flexibility index (Phi) is 31.1. The number of ether oxygens (including phenoxy) is 2. The van der Waals surface area contributed by atoms with Crippen LogP contribution in [0.2, 0.25) is 0 Å². The van der Waals surface area contributed by atoms with Gasteiger partial charge in [0, 0.05) is 12.8 Å². The maximum atomic E-state index is 12.3. The van der Waals surface area contributed by atoms with Crippen LogP contribution < -0.4 is 0 Å². The molecule has 282 valence electrons. The molecule has 0 bridgehead atoms. The third-order valence-corrected chi connectivity index (χ3v) is 8.76. The van der Waals surface area contributed by atoms with Crippen LogP contribution in [0.1, 0.15) is 185 Å². The van der Waals surface area contributed by atoms with Crippen molar-refractivity contribution in [1.82, 2.24) is 0 Å². The van der Waals surface area contributed by atoms with Gasteiger partial charge in [-0.15, -0.1) is 0 Å². The van der Waals surface area contributed by atoms with Crippen LogP contribution in [0, 0.1) is 0 Å². The van der Waals surface area contributed by atoms with Crippen molar-refractivity contribution >= 4 is 11.9 Å². The van der Waals surface area contributed by atoms with E-state index in [0.29, 0.717) is 18.4 Å². The molecule has 0 saturated heterocycles. The normalized spacial score (nSPS) is 11.9. The van der Waals surface area contributed by atoms with Crippen molar-refractivity contribution in [1.29, 1.82) is 0 Å². The van der Waals surface area contributed by atoms with E-state index in [9.17, 15) is 14.7 Å². The van der Waals surface area contributed by atoms with Gasteiger partial charge in [0.25, 0.3) is 0 Å². The molecule has 0 aromatic heterocycles. The number of allylic oxidation sites excluding steroid dienone is 8. The summed E-state index contributed by atoms with van der Waals surface area (Å²) in [5, 5.41) is 9.72. The number of hydrogen-bond donors (Lipinski definition) is 1. The Labute approximate surface area is 306 Å². The first-order valence-corrected chi connectivity index (χ1v) is 20.2. The number of unbranched alkanes of at least 4 members (excludes halogenated alkanes) is 16. The lowest BCUT2D eigenvalue weighted by Crippen LogP contribution is -2.07. The zero-order valence-corrected chi connectivity index (χ0v) is 32.0. The summed E-state index contributed by atoms with van der Waals surface area (Å²) in [5.41, 5.74) is 2.31. The number of benzene rings is 1. The second kappa shape index (κ2) is 34.5. The number of rotatable bonds is 33. The summed E-state index contributed by atoms with van der Waals surface area (Å²) in [6, 6.07) is 5.55. The number of esters is 2. The molecule has 5 heteroatoms. The SMILES string of the molecule is CCCCCC=CCC=CCCCCCCCC(=O)OCc1cc(CO)cc(COC(=O)CCCCCCCC=CCC=CCCCCC)c1. The van der Waals surface area contributed by atoms with Gasteiger partial charge in [0.15, 0.2) is 0 Å². The highest BCUT2D eigenvalue weighted by atomic mass is 16.5. The highest BCUT2D eigenvalue weighted by molar-refractivity contribution is 5.69. The molecule has 0 atom stereocenters. The van der Waals surface area contributed by atoms with Gasteiger partial charge in [-0.25, -0.2) is 0 Å². The zero-order chi connectivity index (χ0) is 36.2. The van der Waals surface area contributed by atoms with Gasteiger partial charge in [-0.05, 0) is 99.8 Å². The number of carbonyl (C=O) groups is 2. The zero-order valence-electron chi connectivity index (χ0n) is 32.0. The van der Waals surface area contributed by atoms with E-state index in [0.717, 1.165) is 75.3 Å². The van der Waals surface area contributed by atoms with Crippen LogP contribution in [0.25, 0.3) is 0 Å². The van der Waals surface area contributed by atoms with E-state index < -0.39 is 0 Å². The quantitative estimate of drug-likeness (QED) is 0.0451. The first kappa shape index (κ1) is 45.1. The number of hydrogen-bond acceptors (Lipinski definition) is 5. The molecule has 1 rings (SSSR count). The van der Waals surface area contributed by atoms with Crippen molar-refractivity contribution < 1.29 is 24.2 Å². The summed E-state index contributed by atoms with van der Waals surface area (Å²) >= 11 is 0. The van der Waals surface area contributed by atoms with Crippen LogP contribution in [0.4, 0.5) is 0 Å². The Bertz CT molecular complexity index is 1000. The fourth-order valence-corrected chi connectivity index (χ4v) is 5.73. The summed E-state index contributed by atoms with van der Waals surface area (Å²) in [4.78, 5) is 24.7. The van der Waals surface area contributed by atoms with Crippen LogP contribution in [-0.2, 0) is 38.9 Å². The van der Waals surface area contributed by atoms with Gasteiger partial charge in [-0.1, -0.05) is 139 Å². The molecule has 0 aliphatic heterocycles. The summed E-state index contributed by atoms with van der Waals surface area (Å²) in [7, 11) is 0. The highest BCUT2D eigenvalue weighted by Crippen LogP contribution is 2.16. The lowest BCUT2D eigenvalue weighted by molar-refractivity contribution is -0.145. The molecule has 1 aromatic rings. The Hall–Kier alpha value is -2.92. The Morgan fingerprint density at radius 2 is 0.820 bits per heavy atom. The molecule has 0 saturated carbocycles. The van der Waals surface area contributed by atoms with Gasteiger partial charge in [-0.3, -0.25) is 9.59 Å². The first-order valence-electron chi connectivity index (χ1n) is 20.2. The minimum Gasteiger partial charge on any atom is -0.461 e. The second-order valence-corrected chi connectivity index (χ2v) is 13.6. The molecule has 0 aliphatic carbocycles. The van der Waals surface area contributed by atoms with Crippen molar-refractivity contribution in [3.63, 3.8) is 0 Å². The molecule has 50 heavy (non-hydrogen) atoms. The number of carbonyl (C=O) groups excluding carboxylic acids is 2. The molecule has 5 nitrogen and oxygen atoms in total. The summed E-state index contributed by atoms with van der Waals surface area (Å²) in [6.45, 7) is 4.66. The van der Waals surface area contributed by atoms with E-state index in [1.807, 2.05) is 18.2 Å². The molecular formula is C45H72O5. The molecule has 0 aliphatic rings. The molecule has 0 unspecified atom stereocenters. The molecule has 0 spiro atoms. The fourth-order valence-electron chi connectivity index (χ4n) is 5.73. The summed E-state index contributed by atoms with van der Waals surface area (Å²) in [6.07, 6.45) is 44.3. The highest BCUT2D eigenvalue weighted by Gasteiger charge is 2.08. The average molecular weight is 693 g/mol. The van der Waals surface area contributed by atoms with Gasteiger partial charge in [0.1, 0.15) is 13.2 Å². The van der Waals surface area contributed by atoms with Crippen LogP contribution in [0.5, 0.6) is 0 Å². The third kappa shape index (κ3) is 28.9. The predicted octanol–water partition coefficient (Wildman–Crippen LogP) is 12.9. The topological polar surface area (TPSA) is 72.8 Å². The van der Waals surface area contributed by atoms with Crippen molar-refractivity contribution in [3.05, 3.63) is 83.5 Å². The minimum absolute atomic E-state index is 0.124. The van der Waals surface area contributed by atoms with E-state index in [1.54, 1.807) is 0 Å². The van der Waals surface area contributed by atoms with Crippen LogP contribution >= 0.6 is 0 Å².